The molecule has 0 bridgehead atoms. The average molecular weight is 2120 g/mol. The second kappa shape index (κ2) is 41.0. The fourth-order valence-electron chi connectivity index (χ4n) is 13.3. The largest absolute Gasteiger partial charge is 0.340 e. The van der Waals surface area contributed by atoms with Crippen molar-refractivity contribution in [2.75, 3.05) is 39.4 Å². The molecule has 0 spiro atoms. The van der Waals surface area contributed by atoms with E-state index in [0.29, 0.717) is 83.5 Å². The van der Waals surface area contributed by atoms with Gasteiger partial charge in [0.25, 0.3) is 0 Å². The number of aromatic nitrogens is 15. The van der Waals surface area contributed by atoms with Crippen LogP contribution in [-0.2, 0) is 30.9 Å². The zero-order valence-corrected chi connectivity index (χ0v) is 79.4. The van der Waals surface area contributed by atoms with E-state index in [9.17, 15) is 25.4 Å². The molecule has 38 heteroatoms. The zero-order valence-electron chi connectivity index (χ0n) is 68.3. The number of halogens is 8. The van der Waals surface area contributed by atoms with Crippen LogP contribution in [0.4, 0.5) is 61.9 Å². The first kappa shape index (κ1) is 91.3. The van der Waals surface area contributed by atoms with Crippen molar-refractivity contribution in [2.24, 2.45) is 0 Å². The molecule has 656 valence electrons. The van der Waals surface area contributed by atoms with Crippen molar-refractivity contribution in [3.8, 4) is 56.3 Å². The minimum atomic E-state index is -3.49. The number of para-hydroxylation sites is 2. The van der Waals surface area contributed by atoms with Crippen LogP contribution < -0.4 is 31.3 Å². The van der Waals surface area contributed by atoms with Gasteiger partial charge in [0.05, 0.1) is 92.0 Å². The van der Waals surface area contributed by atoms with Crippen molar-refractivity contribution in [2.45, 2.75) is 21.6 Å². The normalized spacial score (nSPS) is 11.5. The molecular formula is C93H69Br4Cl3FN21O6S3. The second-order valence-electron chi connectivity index (χ2n) is 28.4. The van der Waals surface area contributed by atoms with Gasteiger partial charge in [-0.25, -0.2) is 55.1 Å². The Labute approximate surface area is 800 Å². The number of sulfone groups is 1. The molecule has 0 radical (unpaired) electrons. The summed E-state index contributed by atoms with van der Waals surface area (Å²) in [7, 11) is -6.73. The highest BCUT2D eigenvalue weighted by Crippen LogP contribution is 2.37. The van der Waals surface area contributed by atoms with Crippen LogP contribution in [0.3, 0.4) is 0 Å². The van der Waals surface area contributed by atoms with Gasteiger partial charge >= 0.3 is 0 Å². The molecule has 10 aromatic carbocycles. The molecule has 7 N–H and O–H groups in total. The lowest BCUT2D eigenvalue weighted by atomic mass is 10.1. The fourth-order valence-corrected chi connectivity index (χ4v) is 17.3. The molecule has 0 aliphatic rings. The van der Waals surface area contributed by atoms with Gasteiger partial charge in [-0.2, -0.15) is 48.1 Å². The van der Waals surface area contributed by atoms with Gasteiger partial charge in [-0.15, -0.1) is 0 Å². The SMILES string of the molecule is CCNS(=O)(=O)c1ccc(Nc2cc(-c3ccccc3)nc3c(Br)cnn23)cc1.CS(=O)(=O)c1ccc(Nc2cc(-c3ccccc3Cl)nc3c(Br)cnn23)cc1.Clc1ccccc1-c1cc(Nc2ccccc2)n2ncc(Br)c2n1.Fc1ccccc1-c1cc(Nc2ccccc2)n2ncc(Cl)c2n1.O=S(O)c1ccc(Nc2cc(-c3ccccc3)nc3c(Br)cnn23)cc1. The van der Waals surface area contributed by atoms with Gasteiger partial charge in [0.1, 0.15) is 39.9 Å². The van der Waals surface area contributed by atoms with E-state index in [1.165, 1.54) is 18.5 Å². The summed E-state index contributed by atoms with van der Waals surface area (Å²) in [6.45, 7) is 2.09. The van der Waals surface area contributed by atoms with Crippen molar-refractivity contribution in [3.63, 3.8) is 0 Å². The third-order valence-electron chi connectivity index (χ3n) is 19.5. The summed E-state index contributed by atoms with van der Waals surface area (Å²) in [6, 6.07) is 90.2. The second-order valence-corrected chi connectivity index (χ2v) is 37.8. The van der Waals surface area contributed by atoms with E-state index in [2.05, 4.69) is 135 Å². The van der Waals surface area contributed by atoms with Crippen molar-refractivity contribution >= 4 is 215 Å². The molecule has 0 aliphatic carbocycles. The molecular weight excluding hydrogens is 2050 g/mol. The van der Waals surface area contributed by atoms with Gasteiger partial charge in [-0.3, -0.25) is 0 Å². The molecule has 0 aliphatic heterocycles. The van der Waals surface area contributed by atoms with E-state index < -0.39 is 30.9 Å². The molecule has 1 atom stereocenters. The number of rotatable bonds is 20. The van der Waals surface area contributed by atoms with Gasteiger partial charge < -0.3 is 31.1 Å². The zero-order chi connectivity index (χ0) is 91.5. The number of anilines is 10. The minimum absolute atomic E-state index is 0.219. The van der Waals surface area contributed by atoms with Crippen LogP contribution in [0.5, 0.6) is 0 Å². The Morgan fingerprint density at radius 1 is 0.351 bits per heavy atom. The lowest BCUT2D eigenvalue weighted by molar-refractivity contribution is 0.564. The number of hydrogen-bond acceptors (Lipinski definition) is 20. The molecule has 131 heavy (non-hydrogen) atoms. The van der Waals surface area contributed by atoms with Crippen LogP contribution in [0.2, 0.25) is 15.1 Å². The molecule has 10 aromatic heterocycles. The average Bonchev–Trinajstić information content (AvgIpc) is 1.71. The van der Waals surface area contributed by atoms with E-state index in [4.69, 9.17) is 49.3 Å². The van der Waals surface area contributed by atoms with Crippen molar-refractivity contribution in [1.29, 1.82) is 0 Å². The molecule has 27 nitrogen and oxygen atoms in total. The number of benzene rings is 10. The highest BCUT2D eigenvalue weighted by molar-refractivity contribution is 9.11. The van der Waals surface area contributed by atoms with E-state index in [1.807, 2.05) is 194 Å². The molecule has 1 unspecified atom stereocenters. The maximum absolute atomic E-state index is 14.1. The van der Waals surface area contributed by atoms with Crippen LogP contribution in [0, 0.1) is 5.82 Å². The van der Waals surface area contributed by atoms with Crippen LogP contribution >= 0.6 is 98.5 Å². The van der Waals surface area contributed by atoms with Crippen LogP contribution in [0.1, 0.15) is 6.92 Å². The third kappa shape index (κ3) is 21.7. The summed E-state index contributed by atoms with van der Waals surface area (Å²) in [6.07, 6.45) is 9.48. The molecule has 0 amide bonds. The van der Waals surface area contributed by atoms with Gasteiger partial charge in [-0.05, 0) is 185 Å². The molecule has 0 saturated carbocycles. The lowest BCUT2D eigenvalue weighted by Crippen LogP contribution is -2.22. The van der Waals surface area contributed by atoms with Gasteiger partial charge in [0.15, 0.2) is 49.2 Å². The van der Waals surface area contributed by atoms with Crippen LogP contribution in [-0.4, -0.2) is 111 Å². The van der Waals surface area contributed by atoms with Gasteiger partial charge in [-0.1, -0.05) is 187 Å². The maximum atomic E-state index is 14.1. The van der Waals surface area contributed by atoms with Crippen LogP contribution in [0.25, 0.3) is 84.5 Å². The highest BCUT2D eigenvalue weighted by atomic mass is 79.9. The van der Waals surface area contributed by atoms with Gasteiger partial charge in [0, 0.05) is 109 Å². The monoisotopic (exact) mass is 2110 g/mol. The molecule has 0 fully saturated rings. The molecule has 0 saturated heterocycles. The maximum Gasteiger partial charge on any atom is 0.240 e. The summed E-state index contributed by atoms with van der Waals surface area (Å²) in [4.78, 5) is 24.0. The fraction of sp³-hybridized carbons (Fsp3) is 0.0323. The minimum Gasteiger partial charge on any atom is -0.340 e. The van der Waals surface area contributed by atoms with Crippen molar-refractivity contribution < 1.29 is 30.0 Å². The lowest BCUT2D eigenvalue weighted by Gasteiger charge is -2.12. The van der Waals surface area contributed by atoms with Gasteiger partial charge in [0.2, 0.25) is 10.0 Å². The van der Waals surface area contributed by atoms with E-state index in [1.54, 1.807) is 151 Å². The van der Waals surface area contributed by atoms with Crippen LogP contribution in [0.15, 0.2) is 361 Å². The summed E-state index contributed by atoms with van der Waals surface area (Å²) in [5.41, 5.74) is 14.9. The predicted octanol–water partition coefficient (Wildman–Crippen LogP) is 24.1. The smallest absolute Gasteiger partial charge is 0.240 e. The highest BCUT2D eigenvalue weighted by Gasteiger charge is 2.22. The Morgan fingerprint density at radius 3 is 1.00 bits per heavy atom. The van der Waals surface area contributed by atoms with E-state index in [-0.39, 0.29) is 15.6 Å². The number of sulfonamides is 1. The summed E-state index contributed by atoms with van der Waals surface area (Å²) in [5.74, 6) is 3.23. The third-order valence-corrected chi connectivity index (χ3v) is 26.0. The molecule has 20 rings (SSSR count). The Kier molecular flexibility index (Phi) is 28.6. The Morgan fingerprint density at radius 2 is 0.641 bits per heavy atom. The number of fused-ring (bicyclic) bond motifs is 5. The first-order valence-electron chi connectivity index (χ1n) is 39.5. The van der Waals surface area contributed by atoms with Crippen molar-refractivity contribution in [1.82, 2.24) is 77.7 Å². The number of hydrogen-bond donors (Lipinski definition) is 7. The summed E-state index contributed by atoms with van der Waals surface area (Å²) < 4.78 is 96.0. The summed E-state index contributed by atoms with van der Waals surface area (Å²) >= 11 is 30.8. The number of nitrogens with one attached hydrogen (secondary N) is 6. The topological polar surface area (TPSA) is 329 Å². The quantitative estimate of drug-likeness (QED) is 0.0349. The standard InChI is InChI=1S/C20H18BrN5O2S.C19H14BrClN4O2S.C18H12BrClN4.C18H13BrN4O2S.C18H12ClFN4/c1-2-23-29(27,28)16-10-8-15(9-11-16)24-19-12-18(14-6-4-3-5-7-14)25-20-17(21)13-22-26(19)20;1-28(26,27)13-8-6-12(7-9-13)23-18-10-17(14-4-2-3-5-16(14)21)24-19-15(20)11-22-25(18)19;19-14-11-21-24-17(22-12-6-2-1-3-7-12)10-16(23-18(14)24)13-8-4-5-9-15(13)20;19-15-11-20-23-17(21-13-6-8-14(9-7-13)26(24)25)10-16(22-18(15)23)12-4-2-1-3-5-12;19-14-11-21-24-17(22-12-6-2-1-3-7-12)10-16(23-18(14)24)13-8-4-5-9-15(13)20/h3-13,23-24H,2H2,1H3;2-11,23H,1H3;1-11,22H;1-11,21H,(H,24,25);1-11,22H. The Hall–Kier alpha value is -13.0. The first-order chi connectivity index (χ1) is 63.4. The summed E-state index contributed by atoms with van der Waals surface area (Å²) in [5, 5.41) is 39.9. The molecule has 10 heterocycles. The number of nitrogens with zero attached hydrogens (tertiary/aromatic N) is 15. The first-order valence-corrected chi connectivity index (χ1v) is 48.3. The van der Waals surface area contributed by atoms with E-state index >= 15 is 0 Å². The van der Waals surface area contributed by atoms with Crippen molar-refractivity contribution in [3.05, 3.63) is 367 Å². The van der Waals surface area contributed by atoms with E-state index in [0.717, 1.165) is 103 Å². The predicted molar refractivity (Wildman–Crippen MR) is 530 cm³/mol. The molecule has 20 aromatic rings. The Balaban J connectivity index is 0.000000120. The Bertz CT molecular complexity index is 7640.